The highest BCUT2D eigenvalue weighted by Gasteiger charge is 2.45. The molecule has 35 heavy (non-hydrogen) atoms. The highest BCUT2D eigenvalue weighted by Crippen LogP contribution is 2.45. The minimum Gasteiger partial charge on any atom is -0.356 e. The second kappa shape index (κ2) is 10.8. The zero-order valence-corrected chi connectivity index (χ0v) is 22.4. The van der Waals surface area contributed by atoms with Gasteiger partial charge in [0.1, 0.15) is 0 Å². The Balaban J connectivity index is 1.06. The van der Waals surface area contributed by atoms with Crippen molar-refractivity contribution in [3.63, 3.8) is 0 Å². The lowest BCUT2D eigenvalue weighted by Crippen LogP contribution is -2.59. The topological polar surface area (TPSA) is 35.6 Å². The number of nitrogens with zero attached hydrogens (tertiary/aromatic N) is 2. The molecule has 4 nitrogen and oxygen atoms in total. The van der Waals surface area contributed by atoms with Gasteiger partial charge in [-0.05, 0) is 93.0 Å². The molecule has 1 aromatic rings. The number of piperidine rings is 3. The van der Waals surface area contributed by atoms with Gasteiger partial charge >= 0.3 is 0 Å². The molecule has 0 unspecified atom stereocenters. The SMILES string of the molecule is CC(C)(C)c1ccc(CC(=O)NCCCCN2CCCC3=C[C@H]4C[C@H](CN5CCCC[C@H]45)[C@@H]32)cc1. The fourth-order valence-electron chi connectivity index (χ4n) is 7.37. The minimum absolute atomic E-state index is 0.147. The number of likely N-dealkylation sites (tertiary alicyclic amines) is 1. The molecule has 192 valence electrons. The lowest BCUT2D eigenvalue weighted by molar-refractivity contribution is -0.120. The third-order valence-electron chi connectivity index (χ3n) is 9.14. The summed E-state index contributed by atoms with van der Waals surface area (Å²) in [5.74, 6) is 1.80. The van der Waals surface area contributed by atoms with E-state index in [0.29, 0.717) is 12.5 Å². The maximum absolute atomic E-state index is 12.4. The van der Waals surface area contributed by atoms with Gasteiger partial charge < -0.3 is 5.32 Å². The van der Waals surface area contributed by atoms with Gasteiger partial charge in [-0.25, -0.2) is 0 Å². The van der Waals surface area contributed by atoms with Gasteiger partial charge in [0.05, 0.1) is 6.42 Å². The van der Waals surface area contributed by atoms with E-state index in [1.807, 2.05) is 0 Å². The van der Waals surface area contributed by atoms with Crippen LogP contribution in [0.3, 0.4) is 0 Å². The highest BCUT2D eigenvalue weighted by molar-refractivity contribution is 5.78. The Morgan fingerprint density at radius 3 is 2.69 bits per heavy atom. The van der Waals surface area contributed by atoms with Gasteiger partial charge in [0, 0.05) is 25.2 Å². The number of nitrogens with one attached hydrogen (secondary N) is 1. The normalized spacial score (nSPS) is 29.2. The third kappa shape index (κ3) is 5.85. The van der Waals surface area contributed by atoms with Gasteiger partial charge in [-0.15, -0.1) is 0 Å². The predicted octanol–water partition coefficient (Wildman–Crippen LogP) is 5.32. The van der Waals surface area contributed by atoms with E-state index in [9.17, 15) is 4.79 Å². The molecule has 4 aliphatic rings. The van der Waals surface area contributed by atoms with Crippen LogP contribution in [0.1, 0.15) is 83.3 Å². The summed E-state index contributed by atoms with van der Waals surface area (Å²) in [6.45, 7) is 12.5. The standard InChI is InChI=1S/C31H47N3O/c1-31(2,3)27-13-11-23(12-14-27)19-29(35)32-15-5-7-16-33-18-8-9-24-20-25-21-26(30(24)33)22-34-17-6-4-10-28(25)34/h11-14,20,25-26,28,30H,4-10,15-19,21-22H2,1-3H3,(H,32,35)/t25-,26+,28+,30+/m0/s1. The lowest BCUT2D eigenvalue weighted by Gasteiger charge is -2.55. The van der Waals surface area contributed by atoms with E-state index in [4.69, 9.17) is 0 Å². The summed E-state index contributed by atoms with van der Waals surface area (Å²) in [5, 5.41) is 3.16. The van der Waals surface area contributed by atoms with Crippen molar-refractivity contribution in [1.82, 2.24) is 15.1 Å². The first kappa shape index (κ1) is 25.0. The lowest BCUT2D eigenvalue weighted by atomic mass is 9.68. The van der Waals surface area contributed by atoms with Crippen LogP contribution in [-0.2, 0) is 16.6 Å². The summed E-state index contributed by atoms with van der Waals surface area (Å²) in [7, 11) is 0. The van der Waals surface area contributed by atoms with E-state index >= 15 is 0 Å². The molecule has 3 saturated heterocycles. The summed E-state index contributed by atoms with van der Waals surface area (Å²) >= 11 is 0. The molecule has 5 rings (SSSR count). The van der Waals surface area contributed by atoms with Crippen LogP contribution in [0, 0.1) is 11.8 Å². The van der Waals surface area contributed by atoms with Crippen molar-refractivity contribution in [2.75, 3.05) is 32.7 Å². The van der Waals surface area contributed by atoms with Crippen molar-refractivity contribution >= 4 is 5.91 Å². The Bertz CT molecular complexity index is 899. The fraction of sp³-hybridized carbons (Fsp3) is 0.710. The Morgan fingerprint density at radius 1 is 1.06 bits per heavy atom. The summed E-state index contributed by atoms with van der Waals surface area (Å²) in [4.78, 5) is 18.1. The number of hydrogen-bond donors (Lipinski definition) is 1. The molecule has 1 N–H and O–H groups in total. The Hall–Kier alpha value is -1.65. The quantitative estimate of drug-likeness (QED) is 0.427. The highest BCUT2D eigenvalue weighted by atomic mass is 16.1. The first-order valence-electron chi connectivity index (χ1n) is 14.4. The number of amides is 1. The van der Waals surface area contributed by atoms with Crippen LogP contribution in [0.25, 0.3) is 0 Å². The van der Waals surface area contributed by atoms with E-state index in [2.05, 4.69) is 66.2 Å². The maximum atomic E-state index is 12.4. The predicted molar refractivity (Wildman–Crippen MR) is 145 cm³/mol. The molecule has 1 amide bonds. The van der Waals surface area contributed by atoms with Gasteiger partial charge in [0.25, 0.3) is 0 Å². The molecule has 3 aliphatic heterocycles. The number of carbonyl (C=O) groups is 1. The zero-order chi connectivity index (χ0) is 24.4. The molecule has 4 atom stereocenters. The molecule has 1 aromatic carbocycles. The van der Waals surface area contributed by atoms with Gasteiger partial charge in [0.15, 0.2) is 0 Å². The summed E-state index contributed by atoms with van der Waals surface area (Å²) in [6, 6.07) is 10.1. The molecule has 1 aliphatic carbocycles. The third-order valence-corrected chi connectivity index (χ3v) is 9.14. The Morgan fingerprint density at radius 2 is 1.89 bits per heavy atom. The first-order chi connectivity index (χ1) is 16.9. The van der Waals surface area contributed by atoms with Crippen molar-refractivity contribution in [2.45, 2.75) is 96.1 Å². The van der Waals surface area contributed by atoms with E-state index < -0.39 is 0 Å². The number of fused-ring (bicyclic) bond motifs is 6. The molecule has 3 heterocycles. The number of rotatable bonds is 7. The van der Waals surface area contributed by atoms with Gasteiger partial charge in [0.2, 0.25) is 5.91 Å². The first-order valence-corrected chi connectivity index (χ1v) is 14.4. The van der Waals surface area contributed by atoms with Crippen LogP contribution in [0.2, 0.25) is 0 Å². The monoisotopic (exact) mass is 477 g/mol. The molecule has 0 saturated carbocycles. The van der Waals surface area contributed by atoms with Crippen molar-refractivity contribution in [1.29, 1.82) is 0 Å². The molecule has 0 radical (unpaired) electrons. The van der Waals surface area contributed by atoms with Crippen LogP contribution in [0.4, 0.5) is 0 Å². The molecular weight excluding hydrogens is 430 g/mol. The van der Waals surface area contributed by atoms with E-state index in [1.165, 1.54) is 76.7 Å². The zero-order valence-electron chi connectivity index (χ0n) is 22.4. The van der Waals surface area contributed by atoms with Crippen LogP contribution in [0.5, 0.6) is 0 Å². The van der Waals surface area contributed by atoms with E-state index in [-0.39, 0.29) is 11.3 Å². The Labute approximate surface area is 213 Å². The number of benzene rings is 1. The van der Waals surface area contributed by atoms with Crippen molar-refractivity contribution in [3.8, 4) is 0 Å². The summed E-state index contributed by atoms with van der Waals surface area (Å²) in [5.41, 5.74) is 4.34. The maximum Gasteiger partial charge on any atom is 0.224 e. The van der Waals surface area contributed by atoms with Gasteiger partial charge in [-0.3, -0.25) is 14.6 Å². The second-order valence-electron chi connectivity index (χ2n) is 12.7. The number of hydrogen-bond acceptors (Lipinski definition) is 3. The fourth-order valence-corrected chi connectivity index (χ4v) is 7.37. The van der Waals surface area contributed by atoms with Crippen molar-refractivity contribution in [3.05, 3.63) is 47.0 Å². The second-order valence-corrected chi connectivity index (χ2v) is 12.7. The van der Waals surface area contributed by atoms with Crippen LogP contribution in [-0.4, -0.2) is 60.5 Å². The molecule has 3 fully saturated rings. The average molecular weight is 478 g/mol. The van der Waals surface area contributed by atoms with Crippen LogP contribution in [0.15, 0.2) is 35.9 Å². The molecule has 0 spiro atoms. The van der Waals surface area contributed by atoms with Crippen LogP contribution >= 0.6 is 0 Å². The number of unbranched alkanes of at least 4 members (excludes halogenated alkanes) is 1. The largest absolute Gasteiger partial charge is 0.356 e. The van der Waals surface area contributed by atoms with Gasteiger partial charge in [-0.2, -0.15) is 0 Å². The molecule has 0 aromatic heterocycles. The molecule has 2 bridgehead atoms. The van der Waals surface area contributed by atoms with Gasteiger partial charge in [-0.1, -0.05) is 63.1 Å². The Kier molecular flexibility index (Phi) is 7.69. The van der Waals surface area contributed by atoms with Crippen molar-refractivity contribution in [2.24, 2.45) is 11.8 Å². The van der Waals surface area contributed by atoms with Crippen molar-refractivity contribution < 1.29 is 4.79 Å². The van der Waals surface area contributed by atoms with E-state index in [0.717, 1.165) is 36.4 Å². The van der Waals surface area contributed by atoms with E-state index in [1.54, 1.807) is 5.57 Å². The summed E-state index contributed by atoms with van der Waals surface area (Å²) in [6.07, 6.45) is 13.8. The summed E-state index contributed by atoms with van der Waals surface area (Å²) < 4.78 is 0. The van der Waals surface area contributed by atoms with Crippen LogP contribution < -0.4 is 5.32 Å². The number of carbonyl (C=O) groups excluding carboxylic acids is 1. The average Bonchev–Trinajstić information content (AvgIpc) is 2.83. The molecule has 4 heteroatoms. The minimum atomic E-state index is 0.147. The molecular formula is C31H47N3O. The smallest absolute Gasteiger partial charge is 0.224 e.